The average molecular weight is 205 g/mol. The van der Waals surface area contributed by atoms with Crippen LogP contribution in [0.5, 0.6) is 5.75 Å². The fourth-order valence-corrected chi connectivity index (χ4v) is 1.43. The molecule has 0 fully saturated rings. The van der Waals surface area contributed by atoms with Crippen LogP contribution in [0.4, 0.5) is 0 Å². The lowest BCUT2D eigenvalue weighted by Crippen LogP contribution is -2.42. The predicted octanol–water partition coefficient (Wildman–Crippen LogP) is -0.110. The van der Waals surface area contributed by atoms with Gasteiger partial charge in [-0.15, -0.1) is 0 Å². The van der Waals surface area contributed by atoms with Crippen LogP contribution in [0.25, 0.3) is 0 Å². The van der Waals surface area contributed by atoms with E-state index in [0.29, 0.717) is 0 Å². The maximum absolute atomic E-state index is 11.7. The third-order valence-corrected chi connectivity index (χ3v) is 2.15. The largest absolute Gasteiger partial charge is 0.425 e. The number of hydrogen-bond acceptors (Lipinski definition) is 4. The molecule has 5 heteroatoms. The van der Waals surface area contributed by atoms with Crippen LogP contribution < -0.4 is 10.5 Å². The first-order valence-corrected chi connectivity index (χ1v) is 4.25. The topological polar surface area (TPSA) is 86.5 Å². The minimum absolute atomic E-state index is 0.171. The summed E-state index contributed by atoms with van der Waals surface area (Å²) in [5, 5.41) is 0. The van der Waals surface area contributed by atoms with E-state index in [4.69, 9.17) is 10.5 Å². The molecule has 0 saturated heterocycles. The van der Waals surface area contributed by atoms with Crippen molar-refractivity contribution in [3.8, 4) is 5.75 Å². The van der Waals surface area contributed by atoms with Crippen molar-refractivity contribution in [3.05, 3.63) is 29.8 Å². The monoisotopic (exact) mass is 205 g/mol. The fourth-order valence-electron chi connectivity index (χ4n) is 1.43. The molecule has 0 bridgehead atoms. The Morgan fingerprint density at radius 2 is 1.93 bits per heavy atom. The van der Waals surface area contributed by atoms with Crippen LogP contribution in [0, 0.1) is 5.92 Å². The van der Waals surface area contributed by atoms with E-state index in [1.54, 1.807) is 12.1 Å². The van der Waals surface area contributed by atoms with Crippen molar-refractivity contribution >= 4 is 17.7 Å². The van der Waals surface area contributed by atoms with Gasteiger partial charge in [0, 0.05) is 0 Å². The number of hydrogen-bond donors (Lipinski definition) is 1. The number of carbonyl (C=O) groups excluding carboxylic acids is 3. The summed E-state index contributed by atoms with van der Waals surface area (Å²) in [4.78, 5) is 33.8. The highest BCUT2D eigenvalue weighted by Crippen LogP contribution is 2.27. The number of rotatable bonds is 1. The highest BCUT2D eigenvalue weighted by molar-refractivity contribution is 6.24. The highest BCUT2D eigenvalue weighted by atomic mass is 16.5. The molecule has 5 nitrogen and oxygen atoms in total. The van der Waals surface area contributed by atoms with Crippen LogP contribution in [0.3, 0.4) is 0 Å². The molecule has 1 unspecified atom stereocenters. The van der Waals surface area contributed by atoms with Gasteiger partial charge in [-0.05, 0) is 12.1 Å². The minimum atomic E-state index is -1.51. The Labute approximate surface area is 84.8 Å². The lowest BCUT2D eigenvalue weighted by molar-refractivity contribution is -0.142. The van der Waals surface area contributed by atoms with E-state index in [-0.39, 0.29) is 11.3 Å². The molecule has 0 spiro atoms. The van der Waals surface area contributed by atoms with Crippen LogP contribution in [0.1, 0.15) is 10.4 Å². The first kappa shape index (κ1) is 9.39. The molecule has 76 valence electrons. The number of carbonyl (C=O) groups is 3. The van der Waals surface area contributed by atoms with E-state index in [1.807, 2.05) is 0 Å². The Kier molecular flexibility index (Phi) is 2.00. The molecule has 0 radical (unpaired) electrons. The first-order chi connectivity index (χ1) is 7.11. The van der Waals surface area contributed by atoms with Gasteiger partial charge in [0.25, 0.3) is 0 Å². The van der Waals surface area contributed by atoms with Gasteiger partial charge in [-0.3, -0.25) is 14.4 Å². The van der Waals surface area contributed by atoms with Gasteiger partial charge in [-0.1, -0.05) is 12.1 Å². The maximum Gasteiger partial charge on any atom is 0.331 e. The van der Waals surface area contributed by atoms with Crippen molar-refractivity contribution in [2.75, 3.05) is 0 Å². The number of primary amides is 1. The summed E-state index contributed by atoms with van der Waals surface area (Å²) in [5.74, 6) is -3.84. The van der Waals surface area contributed by atoms with Crippen LogP contribution in [-0.4, -0.2) is 17.7 Å². The zero-order valence-corrected chi connectivity index (χ0v) is 7.60. The second kappa shape index (κ2) is 3.20. The zero-order chi connectivity index (χ0) is 11.0. The summed E-state index contributed by atoms with van der Waals surface area (Å²) < 4.78 is 4.82. The van der Waals surface area contributed by atoms with E-state index >= 15 is 0 Å². The molecule has 0 aromatic heterocycles. The Hall–Kier alpha value is -2.17. The van der Waals surface area contributed by atoms with Crippen molar-refractivity contribution in [2.24, 2.45) is 11.7 Å². The molecule has 1 aromatic rings. The van der Waals surface area contributed by atoms with Crippen molar-refractivity contribution in [1.82, 2.24) is 0 Å². The van der Waals surface area contributed by atoms with E-state index < -0.39 is 23.6 Å². The number of amides is 1. The molecule has 1 aromatic carbocycles. The van der Waals surface area contributed by atoms with Gasteiger partial charge in [-0.25, -0.2) is 0 Å². The minimum Gasteiger partial charge on any atom is -0.425 e. The van der Waals surface area contributed by atoms with Crippen LogP contribution in [0.2, 0.25) is 0 Å². The summed E-state index contributed by atoms with van der Waals surface area (Å²) in [5.41, 5.74) is 5.15. The van der Waals surface area contributed by atoms with E-state index in [0.717, 1.165) is 0 Å². The number of fused-ring (bicyclic) bond motifs is 1. The van der Waals surface area contributed by atoms with Gasteiger partial charge in [0.1, 0.15) is 5.75 Å². The molecule has 1 aliphatic rings. The summed E-state index contributed by atoms with van der Waals surface area (Å²) in [6.07, 6.45) is 0. The SMILES string of the molecule is NC(=O)C1C(=O)Oc2ccccc2C1=O. The normalized spacial score (nSPS) is 19.3. The Morgan fingerprint density at radius 3 is 2.60 bits per heavy atom. The van der Waals surface area contributed by atoms with Crippen molar-refractivity contribution < 1.29 is 19.1 Å². The van der Waals surface area contributed by atoms with Crippen LogP contribution in [-0.2, 0) is 9.59 Å². The third-order valence-electron chi connectivity index (χ3n) is 2.15. The van der Waals surface area contributed by atoms with Crippen molar-refractivity contribution in [2.45, 2.75) is 0 Å². The second-order valence-corrected chi connectivity index (χ2v) is 3.12. The molecule has 0 saturated carbocycles. The summed E-state index contributed by atoms with van der Waals surface area (Å²) >= 11 is 0. The molecule has 1 heterocycles. The highest BCUT2D eigenvalue weighted by Gasteiger charge is 2.40. The van der Waals surface area contributed by atoms with Crippen molar-refractivity contribution in [3.63, 3.8) is 0 Å². The Bertz CT molecular complexity index is 466. The molecule has 2 rings (SSSR count). The fraction of sp³-hybridized carbons (Fsp3) is 0.100. The number of nitrogens with two attached hydrogens (primary N) is 1. The molecule has 1 amide bonds. The number of ether oxygens (including phenoxy) is 1. The van der Waals surface area contributed by atoms with E-state index in [9.17, 15) is 14.4 Å². The second-order valence-electron chi connectivity index (χ2n) is 3.12. The lowest BCUT2D eigenvalue weighted by atomic mass is 9.94. The summed E-state index contributed by atoms with van der Waals surface area (Å²) in [6, 6.07) is 6.22. The molecule has 1 aliphatic heterocycles. The average Bonchev–Trinajstić information content (AvgIpc) is 2.17. The molecule has 0 aliphatic carbocycles. The summed E-state index contributed by atoms with van der Waals surface area (Å²) in [7, 11) is 0. The van der Waals surface area contributed by atoms with E-state index in [2.05, 4.69) is 0 Å². The standard InChI is InChI=1S/C10H7NO4/c11-9(13)7-8(12)5-3-1-2-4-6(5)15-10(7)14/h1-4,7H,(H2,11,13). The Morgan fingerprint density at radius 1 is 1.27 bits per heavy atom. The first-order valence-electron chi connectivity index (χ1n) is 4.25. The molecular formula is C10H7NO4. The smallest absolute Gasteiger partial charge is 0.331 e. The molecular weight excluding hydrogens is 198 g/mol. The summed E-state index contributed by atoms with van der Waals surface area (Å²) in [6.45, 7) is 0. The lowest BCUT2D eigenvalue weighted by Gasteiger charge is -2.19. The van der Waals surface area contributed by atoms with Gasteiger partial charge in [0.05, 0.1) is 5.56 Å². The third kappa shape index (κ3) is 1.38. The van der Waals surface area contributed by atoms with Crippen LogP contribution in [0.15, 0.2) is 24.3 Å². The molecule has 2 N–H and O–H groups in total. The number of ketones is 1. The molecule has 15 heavy (non-hydrogen) atoms. The van der Waals surface area contributed by atoms with Gasteiger partial charge >= 0.3 is 5.97 Å². The number of esters is 1. The Balaban J connectivity index is 2.52. The van der Waals surface area contributed by atoms with Gasteiger partial charge in [-0.2, -0.15) is 0 Å². The number of para-hydroxylation sites is 1. The molecule has 1 atom stereocenters. The number of benzene rings is 1. The van der Waals surface area contributed by atoms with E-state index in [1.165, 1.54) is 12.1 Å². The van der Waals surface area contributed by atoms with Gasteiger partial charge in [0.15, 0.2) is 11.7 Å². The maximum atomic E-state index is 11.7. The predicted molar refractivity (Wildman–Crippen MR) is 49.1 cm³/mol. The number of Topliss-reactive ketones (excluding diaryl/α,β-unsaturated/α-hetero) is 1. The quantitative estimate of drug-likeness (QED) is 0.393. The van der Waals surface area contributed by atoms with Crippen LogP contribution >= 0.6 is 0 Å². The van der Waals surface area contributed by atoms with Gasteiger partial charge < -0.3 is 10.5 Å². The van der Waals surface area contributed by atoms with Gasteiger partial charge in [0.2, 0.25) is 5.91 Å². The zero-order valence-electron chi connectivity index (χ0n) is 7.60. The van der Waals surface area contributed by atoms with Crippen molar-refractivity contribution in [1.29, 1.82) is 0 Å².